The van der Waals surface area contributed by atoms with Crippen LogP contribution in [-0.2, 0) is 11.3 Å². The quantitative estimate of drug-likeness (QED) is 0.617. The molecule has 0 radical (unpaired) electrons. The Hall–Kier alpha value is -3.22. The van der Waals surface area contributed by atoms with Gasteiger partial charge >= 0.3 is 6.09 Å². The van der Waals surface area contributed by atoms with Crippen LogP contribution in [-0.4, -0.2) is 33.6 Å². The third kappa shape index (κ3) is 5.42. The highest BCUT2D eigenvalue weighted by atomic mass is 16.6. The van der Waals surface area contributed by atoms with Gasteiger partial charge in [-0.15, -0.1) is 0 Å². The normalized spacial score (nSPS) is 10.4. The summed E-state index contributed by atoms with van der Waals surface area (Å²) in [5.41, 5.74) is 3.81. The van der Waals surface area contributed by atoms with Gasteiger partial charge in [0.15, 0.2) is 0 Å². The number of ether oxygens (including phenoxy) is 4. The molecule has 7 nitrogen and oxygen atoms in total. The van der Waals surface area contributed by atoms with E-state index in [1.807, 2.05) is 12.1 Å². The van der Waals surface area contributed by atoms with E-state index in [0.29, 0.717) is 17.1 Å². The molecule has 7 heteroatoms. The molecule has 2 rings (SSSR count). The molecule has 0 spiro atoms. The van der Waals surface area contributed by atoms with Gasteiger partial charge in [0.25, 0.3) is 0 Å². The molecule has 0 aromatic heterocycles. The largest absolute Gasteiger partial charge is 0.497 e. The van der Waals surface area contributed by atoms with Gasteiger partial charge in [0.05, 0.1) is 27.5 Å². The second-order valence-corrected chi connectivity index (χ2v) is 4.90. The number of hydrogen-bond acceptors (Lipinski definition) is 6. The highest BCUT2D eigenvalue weighted by molar-refractivity contribution is 5.85. The van der Waals surface area contributed by atoms with E-state index in [1.165, 1.54) is 6.21 Å². The maximum Gasteiger partial charge on any atom is 0.428 e. The lowest BCUT2D eigenvalue weighted by Crippen LogP contribution is -2.18. The molecule has 0 bridgehead atoms. The molecule has 132 valence electrons. The van der Waals surface area contributed by atoms with Gasteiger partial charge in [0, 0.05) is 5.56 Å². The van der Waals surface area contributed by atoms with E-state index in [0.717, 1.165) is 11.3 Å². The molecule has 2 aromatic carbocycles. The molecule has 0 unspecified atom stereocenters. The zero-order chi connectivity index (χ0) is 18.1. The average Bonchev–Trinajstić information content (AvgIpc) is 2.66. The highest BCUT2D eigenvalue weighted by Gasteiger charge is 2.04. The maximum atomic E-state index is 11.7. The number of hydrazone groups is 1. The number of carbonyl (C=O) groups is 1. The first-order valence-electron chi connectivity index (χ1n) is 7.47. The Morgan fingerprint density at radius 1 is 1.00 bits per heavy atom. The van der Waals surface area contributed by atoms with Crippen molar-refractivity contribution < 1.29 is 23.7 Å². The Kier molecular flexibility index (Phi) is 6.65. The first-order chi connectivity index (χ1) is 12.2. The molecule has 2 aromatic rings. The zero-order valence-electron chi connectivity index (χ0n) is 14.3. The number of carbonyl (C=O) groups excluding carboxylic acids is 1. The first-order valence-corrected chi connectivity index (χ1v) is 7.47. The summed E-state index contributed by atoms with van der Waals surface area (Å²) in [7, 11) is 4.71. The number of amides is 1. The Labute approximate surface area is 146 Å². The maximum absolute atomic E-state index is 11.7. The van der Waals surface area contributed by atoms with Gasteiger partial charge in [-0.05, 0) is 35.9 Å². The Morgan fingerprint density at radius 3 is 2.32 bits per heavy atom. The summed E-state index contributed by atoms with van der Waals surface area (Å²) < 4.78 is 20.5. The predicted molar refractivity (Wildman–Crippen MR) is 93.5 cm³/mol. The lowest BCUT2D eigenvalue weighted by molar-refractivity contribution is 0.140. The van der Waals surface area contributed by atoms with E-state index in [4.69, 9.17) is 18.9 Å². The molecule has 0 saturated heterocycles. The van der Waals surface area contributed by atoms with Gasteiger partial charge in [-0.25, -0.2) is 10.2 Å². The SMILES string of the molecule is COc1ccc(COC(=O)NN=Cc2cc(OC)ccc2OC)cc1. The molecular weight excluding hydrogens is 324 g/mol. The molecule has 1 N–H and O–H groups in total. The van der Waals surface area contributed by atoms with E-state index in [9.17, 15) is 4.79 Å². The average molecular weight is 344 g/mol. The fourth-order valence-corrected chi connectivity index (χ4v) is 2.00. The summed E-state index contributed by atoms with van der Waals surface area (Å²) in [6.45, 7) is 0.133. The summed E-state index contributed by atoms with van der Waals surface area (Å²) in [6.07, 6.45) is 0.796. The molecule has 0 aliphatic carbocycles. The monoisotopic (exact) mass is 344 g/mol. The molecule has 0 atom stereocenters. The Bertz CT molecular complexity index is 729. The van der Waals surface area contributed by atoms with Crippen molar-refractivity contribution in [2.45, 2.75) is 6.61 Å². The zero-order valence-corrected chi connectivity index (χ0v) is 14.3. The highest BCUT2D eigenvalue weighted by Crippen LogP contribution is 2.22. The standard InChI is InChI=1S/C18H20N2O5/c1-22-15-6-4-13(5-7-15)12-25-18(21)20-19-11-14-10-16(23-2)8-9-17(14)24-3/h4-11H,12H2,1-3H3,(H,20,21). The fraction of sp³-hybridized carbons (Fsp3) is 0.222. The van der Waals surface area contributed by atoms with E-state index in [1.54, 1.807) is 51.7 Å². The third-order valence-corrected chi connectivity index (χ3v) is 3.33. The van der Waals surface area contributed by atoms with Crippen molar-refractivity contribution in [2.75, 3.05) is 21.3 Å². The van der Waals surface area contributed by atoms with Gasteiger partial charge in [-0.3, -0.25) is 0 Å². The van der Waals surface area contributed by atoms with E-state index in [2.05, 4.69) is 10.5 Å². The number of rotatable bonds is 7. The van der Waals surface area contributed by atoms with Crippen LogP contribution >= 0.6 is 0 Å². The van der Waals surface area contributed by atoms with Crippen LogP contribution in [0.1, 0.15) is 11.1 Å². The molecular formula is C18H20N2O5. The Morgan fingerprint density at radius 2 is 1.68 bits per heavy atom. The van der Waals surface area contributed by atoms with Crippen molar-refractivity contribution in [1.82, 2.24) is 5.43 Å². The predicted octanol–water partition coefficient (Wildman–Crippen LogP) is 2.97. The fourth-order valence-electron chi connectivity index (χ4n) is 2.00. The molecule has 1 amide bonds. The minimum Gasteiger partial charge on any atom is -0.497 e. The van der Waals surface area contributed by atoms with Crippen LogP contribution in [0, 0.1) is 0 Å². The van der Waals surface area contributed by atoms with Crippen LogP contribution < -0.4 is 19.6 Å². The number of benzene rings is 2. The van der Waals surface area contributed by atoms with E-state index < -0.39 is 6.09 Å². The lowest BCUT2D eigenvalue weighted by atomic mass is 10.2. The van der Waals surface area contributed by atoms with E-state index >= 15 is 0 Å². The summed E-state index contributed by atoms with van der Waals surface area (Å²) in [5.74, 6) is 2.01. The van der Waals surface area contributed by atoms with Crippen LogP contribution in [0.4, 0.5) is 4.79 Å². The number of nitrogens with zero attached hydrogens (tertiary/aromatic N) is 1. The van der Waals surface area contributed by atoms with Gasteiger partial charge in [0.1, 0.15) is 23.9 Å². The molecule has 25 heavy (non-hydrogen) atoms. The van der Waals surface area contributed by atoms with Crippen LogP contribution in [0.3, 0.4) is 0 Å². The minimum atomic E-state index is -0.658. The number of nitrogens with one attached hydrogen (secondary N) is 1. The molecule has 0 aliphatic heterocycles. The summed E-state index contributed by atoms with van der Waals surface area (Å²) >= 11 is 0. The topological polar surface area (TPSA) is 78.4 Å². The molecule has 0 saturated carbocycles. The van der Waals surface area contributed by atoms with Crippen molar-refractivity contribution in [3.05, 3.63) is 53.6 Å². The van der Waals surface area contributed by atoms with Crippen molar-refractivity contribution in [1.29, 1.82) is 0 Å². The van der Waals surface area contributed by atoms with Gasteiger partial charge in [-0.2, -0.15) is 5.10 Å². The molecule has 0 fully saturated rings. The van der Waals surface area contributed by atoms with Crippen molar-refractivity contribution >= 4 is 12.3 Å². The van der Waals surface area contributed by atoms with Crippen molar-refractivity contribution in [2.24, 2.45) is 5.10 Å². The summed E-state index contributed by atoms with van der Waals surface area (Å²) in [4.78, 5) is 11.7. The number of methoxy groups -OCH3 is 3. The van der Waals surface area contributed by atoms with Crippen molar-refractivity contribution in [3.63, 3.8) is 0 Å². The van der Waals surface area contributed by atoms with Gasteiger partial charge in [0.2, 0.25) is 0 Å². The van der Waals surface area contributed by atoms with Gasteiger partial charge < -0.3 is 18.9 Å². The van der Waals surface area contributed by atoms with Crippen LogP contribution in [0.5, 0.6) is 17.2 Å². The smallest absolute Gasteiger partial charge is 0.428 e. The lowest BCUT2D eigenvalue weighted by Gasteiger charge is -2.07. The summed E-state index contributed by atoms with van der Waals surface area (Å²) in [5, 5.41) is 3.86. The second kappa shape index (κ2) is 9.17. The summed E-state index contributed by atoms with van der Waals surface area (Å²) in [6, 6.07) is 12.5. The molecule has 0 heterocycles. The van der Waals surface area contributed by atoms with Crippen LogP contribution in [0.15, 0.2) is 47.6 Å². The van der Waals surface area contributed by atoms with E-state index in [-0.39, 0.29) is 6.61 Å². The van der Waals surface area contributed by atoms with Crippen LogP contribution in [0.2, 0.25) is 0 Å². The number of hydrogen-bond donors (Lipinski definition) is 1. The minimum absolute atomic E-state index is 0.133. The second-order valence-electron chi connectivity index (χ2n) is 4.90. The molecule has 0 aliphatic rings. The van der Waals surface area contributed by atoms with Crippen LogP contribution in [0.25, 0.3) is 0 Å². The first kappa shape index (κ1) is 18.1. The third-order valence-electron chi connectivity index (χ3n) is 3.33. The van der Waals surface area contributed by atoms with Crippen molar-refractivity contribution in [3.8, 4) is 17.2 Å². The van der Waals surface area contributed by atoms with Gasteiger partial charge in [-0.1, -0.05) is 12.1 Å². The Balaban J connectivity index is 1.87.